The summed E-state index contributed by atoms with van der Waals surface area (Å²) in [7, 11) is -3.72. The number of carbonyl (C=O) groups is 1. The fourth-order valence-electron chi connectivity index (χ4n) is 2.42. The average Bonchev–Trinajstić information content (AvgIpc) is 2.70. The summed E-state index contributed by atoms with van der Waals surface area (Å²) in [5.41, 5.74) is 0. The summed E-state index contributed by atoms with van der Waals surface area (Å²) in [5.74, 6) is -1.40. The molecule has 2 unspecified atom stereocenters. The van der Waals surface area contributed by atoms with E-state index >= 15 is 0 Å². The van der Waals surface area contributed by atoms with E-state index in [0.29, 0.717) is 0 Å². The van der Waals surface area contributed by atoms with Crippen LogP contribution in [0.25, 0.3) is 0 Å². The number of rotatable bonds is 3. The number of carboxylic acids is 1. The first-order valence-corrected chi connectivity index (χ1v) is 7.56. The molecule has 2 fully saturated rings. The predicted octanol–water partition coefficient (Wildman–Crippen LogP) is -1.93. The van der Waals surface area contributed by atoms with E-state index in [1.165, 1.54) is 4.31 Å². The van der Waals surface area contributed by atoms with Crippen molar-refractivity contribution in [1.29, 1.82) is 0 Å². The molecule has 19 heavy (non-hydrogen) atoms. The van der Waals surface area contributed by atoms with E-state index in [1.54, 1.807) is 0 Å². The minimum Gasteiger partial charge on any atom is -0.481 e. The van der Waals surface area contributed by atoms with Crippen LogP contribution in [-0.4, -0.2) is 76.7 Å². The van der Waals surface area contributed by atoms with Gasteiger partial charge in [-0.2, -0.15) is 17.0 Å². The normalized spacial score (nSPS) is 31.7. The third-order valence-corrected chi connectivity index (χ3v) is 5.65. The first kappa shape index (κ1) is 14.7. The first-order chi connectivity index (χ1) is 8.82. The van der Waals surface area contributed by atoms with Gasteiger partial charge in [0.25, 0.3) is 10.2 Å². The molecular formula is C10H18N2O6S. The second-order valence-corrected chi connectivity index (χ2v) is 6.90. The molecule has 8 nitrogen and oxygen atoms in total. The van der Waals surface area contributed by atoms with E-state index in [4.69, 9.17) is 5.11 Å². The van der Waals surface area contributed by atoms with Crippen LogP contribution in [0.5, 0.6) is 0 Å². The highest BCUT2D eigenvalue weighted by Crippen LogP contribution is 2.24. The molecule has 2 saturated heterocycles. The molecule has 9 heteroatoms. The third-order valence-electron chi connectivity index (χ3n) is 3.68. The number of piperidine rings is 1. The van der Waals surface area contributed by atoms with Gasteiger partial charge in [0.05, 0.1) is 18.1 Å². The zero-order valence-corrected chi connectivity index (χ0v) is 11.2. The average molecular weight is 294 g/mol. The number of hydrogen-bond donors (Lipinski definition) is 3. The van der Waals surface area contributed by atoms with Crippen molar-refractivity contribution < 1.29 is 28.5 Å². The molecule has 0 radical (unpaired) electrons. The van der Waals surface area contributed by atoms with Crippen molar-refractivity contribution in [2.75, 3.05) is 26.2 Å². The van der Waals surface area contributed by atoms with Gasteiger partial charge in [-0.25, -0.2) is 0 Å². The van der Waals surface area contributed by atoms with Gasteiger partial charge in [0, 0.05) is 26.2 Å². The lowest BCUT2D eigenvalue weighted by Crippen LogP contribution is -2.47. The molecule has 110 valence electrons. The van der Waals surface area contributed by atoms with Crippen LogP contribution >= 0.6 is 0 Å². The van der Waals surface area contributed by atoms with Gasteiger partial charge in [0.2, 0.25) is 0 Å². The molecule has 2 aliphatic rings. The Labute approximate surface area is 111 Å². The Hall–Kier alpha value is -0.740. The number of aliphatic hydroxyl groups is 2. The summed E-state index contributed by atoms with van der Waals surface area (Å²) in [6.07, 6.45) is -1.56. The van der Waals surface area contributed by atoms with E-state index in [1.807, 2.05) is 0 Å². The predicted molar refractivity (Wildman–Crippen MR) is 64.4 cm³/mol. The second-order valence-electron chi connectivity index (χ2n) is 4.97. The maximum atomic E-state index is 12.2. The molecule has 2 aliphatic heterocycles. The summed E-state index contributed by atoms with van der Waals surface area (Å²) in [6.45, 7) is 0.0642. The Balaban J connectivity index is 2.00. The highest BCUT2D eigenvalue weighted by molar-refractivity contribution is 7.86. The molecule has 0 amide bonds. The van der Waals surface area contributed by atoms with Crippen LogP contribution < -0.4 is 0 Å². The zero-order valence-electron chi connectivity index (χ0n) is 10.3. The maximum Gasteiger partial charge on any atom is 0.306 e. The number of aliphatic hydroxyl groups excluding tert-OH is 2. The lowest BCUT2D eigenvalue weighted by Gasteiger charge is -2.32. The van der Waals surface area contributed by atoms with Crippen LogP contribution in [0, 0.1) is 5.92 Å². The SMILES string of the molecule is O=C(O)C1CCN(S(=O)(=O)N2CC(O)C(O)C2)CC1. The molecule has 2 atom stereocenters. The van der Waals surface area contributed by atoms with Crippen LogP contribution in [0.15, 0.2) is 0 Å². The van der Waals surface area contributed by atoms with Crippen LogP contribution in [0.1, 0.15) is 12.8 Å². The van der Waals surface area contributed by atoms with Gasteiger partial charge in [0.15, 0.2) is 0 Å². The summed E-state index contributed by atoms with van der Waals surface area (Å²) >= 11 is 0. The zero-order chi connectivity index (χ0) is 14.2. The molecule has 2 heterocycles. The minimum absolute atomic E-state index is 0.123. The highest BCUT2D eigenvalue weighted by atomic mass is 32.2. The lowest BCUT2D eigenvalue weighted by atomic mass is 9.99. The summed E-state index contributed by atoms with van der Waals surface area (Å²) in [4.78, 5) is 10.8. The Morgan fingerprint density at radius 3 is 1.89 bits per heavy atom. The highest BCUT2D eigenvalue weighted by Gasteiger charge is 2.41. The number of β-amino-alcohol motifs (C(OH)–C–C–N with tert-alkyl or cyclic N) is 2. The number of hydrogen-bond acceptors (Lipinski definition) is 5. The van der Waals surface area contributed by atoms with Crippen LogP contribution in [-0.2, 0) is 15.0 Å². The van der Waals surface area contributed by atoms with Gasteiger partial charge in [-0.3, -0.25) is 4.79 Å². The van der Waals surface area contributed by atoms with Crippen molar-refractivity contribution in [1.82, 2.24) is 8.61 Å². The van der Waals surface area contributed by atoms with E-state index in [2.05, 4.69) is 0 Å². The number of nitrogens with zero attached hydrogens (tertiary/aromatic N) is 2. The van der Waals surface area contributed by atoms with E-state index in [0.717, 1.165) is 4.31 Å². The largest absolute Gasteiger partial charge is 0.481 e. The van der Waals surface area contributed by atoms with Gasteiger partial charge in [-0.15, -0.1) is 0 Å². The Morgan fingerprint density at radius 1 is 1.00 bits per heavy atom. The Kier molecular flexibility index (Phi) is 4.11. The van der Waals surface area contributed by atoms with Crippen molar-refractivity contribution in [2.24, 2.45) is 5.92 Å². The molecule has 0 aromatic carbocycles. The fraction of sp³-hybridized carbons (Fsp3) is 0.900. The van der Waals surface area contributed by atoms with Gasteiger partial charge in [0.1, 0.15) is 0 Å². The van der Waals surface area contributed by atoms with Crippen LogP contribution in [0.4, 0.5) is 0 Å². The van der Waals surface area contributed by atoms with Crippen molar-refractivity contribution in [3.05, 3.63) is 0 Å². The van der Waals surface area contributed by atoms with Crippen molar-refractivity contribution >= 4 is 16.2 Å². The lowest BCUT2D eigenvalue weighted by molar-refractivity contribution is -0.142. The van der Waals surface area contributed by atoms with Gasteiger partial charge >= 0.3 is 5.97 Å². The molecular weight excluding hydrogens is 276 g/mol. The van der Waals surface area contributed by atoms with E-state index in [9.17, 15) is 23.4 Å². The Bertz CT molecular complexity index is 435. The van der Waals surface area contributed by atoms with Crippen LogP contribution in [0.3, 0.4) is 0 Å². The quantitative estimate of drug-likeness (QED) is 0.557. The minimum atomic E-state index is -3.72. The van der Waals surface area contributed by atoms with E-state index < -0.39 is 34.3 Å². The molecule has 3 N–H and O–H groups in total. The van der Waals surface area contributed by atoms with Gasteiger partial charge in [-0.05, 0) is 12.8 Å². The monoisotopic (exact) mass is 294 g/mol. The standard InChI is InChI=1S/C10H18N2O6S/c13-8-5-12(6-9(8)14)19(17,18)11-3-1-7(2-4-11)10(15)16/h7-9,13-14H,1-6H2,(H,15,16). The third kappa shape index (κ3) is 2.90. The summed E-state index contributed by atoms with van der Waals surface area (Å²) in [5, 5.41) is 27.6. The topological polar surface area (TPSA) is 118 Å². The smallest absolute Gasteiger partial charge is 0.306 e. The van der Waals surface area contributed by atoms with Crippen molar-refractivity contribution in [2.45, 2.75) is 25.0 Å². The Morgan fingerprint density at radius 2 is 1.47 bits per heavy atom. The maximum absolute atomic E-state index is 12.2. The van der Waals surface area contributed by atoms with Crippen molar-refractivity contribution in [3.63, 3.8) is 0 Å². The molecule has 2 rings (SSSR count). The molecule has 0 aromatic heterocycles. The number of carboxylic acid groups (broad SMARTS) is 1. The molecule has 0 saturated carbocycles. The fourth-order valence-corrected chi connectivity index (χ4v) is 4.10. The molecule has 0 aromatic rings. The number of aliphatic carboxylic acids is 1. The molecule has 0 bridgehead atoms. The molecule has 0 spiro atoms. The van der Waals surface area contributed by atoms with Gasteiger partial charge < -0.3 is 15.3 Å². The van der Waals surface area contributed by atoms with Crippen molar-refractivity contribution in [3.8, 4) is 0 Å². The van der Waals surface area contributed by atoms with Gasteiger partial charge in [-0.1, -0.05) is 0 Å². The van der Waals surface area contributed by atoms with E-state index in [-0.39, 0.29) is 39.0 Å². The first-order valence-electron chi connectivity index (χ1n) is 6.16. The van der Waals surface area contributed by atoms with Crippen LogP contribution in [0.2, 0.25) is 0 Å². The molecule has 0 aliphatic carbocycles. The summed E-state index contributed by atoms with van der Waals surface area (Å²) < 4.78 is 26.7. The summed E-state index contributed by atoms with van der Waals surface area (Å²) in [6, 6.07) is 0. The second kappa shape index (κ2) is 5.33.